The Bertz CT molecular complexity index is 438. The van der Waals surface area contributed by atoms with E-state index in [-0.39, 0.29) is 12.0 Å². The van der Waals surface area contributed by atoms with Gasteiger partial charge in [0.2, 0.25) is 0 Å². The SMILES string of the molecule is N#Cc1ccc(OC2CCCC2C#N)cc1. The maximum absolute atomic E-state index is 8.92. The Hall–Kier alpha value is -2.00. The summed E-state index contributed by atoms with van der Waals surface area (Å²) in [6, 6.07) is 11.4. The molecule has 2 unspecified atom stereocenters. The summed E-state index contributed by atoms with van der Waals surface area (Å²) in [6.45, 7) is 0. The molecule has 2 rings (SSSR count). The van der Waals surface area contributed by atoms with Gasteiger partial charge in [-0.3, -0.25) is 0 Å². The van der Waals surface area contributed by atoms with Gasteiger partial charge in [-0.15, -0.1) is 0 Å². The van der Waals surface area contributed by atoms with Gasteiger partial charge >= 0.3 is 0 Å². The zero-order valence-corrected chi connectivity index (χ0v) is 8.89. The Kier molecular flexibility index (Phi) is 3.08. The Morgan fingerprint density at radius 3 is 2.50 bits per heavy atom. The third kappa shape index (κ3) is 2.15. The summed E-state index contributed by atoms with van der Waals surface area (Å²) in [6.07, 6.45) is 2.94. The summed E-state index contributed by atoms with van der Waals surface area (Å²) < 4.78 is 5.75. The fraction of sp³-hybridized carbons (Fsp3) is 0.385. The first kappa shape index (κ1) is 10.5. The topological polar surface area (TPSA) is 56.8 Å². The Balaban J connectivity index is 2.04. The molecule has 1 aliphatic carbocycles. The Morgan fingerprint density at radius 1 is 1.12 bits per heavy atom. The van der Waals surface area contributed by atoms with Gasteiger partial charge in [-0.2, -0.15) is 10.5 Å². The van der Waals surface area contributed by atoms with E-state index in [1.165, 1.54) is 0 Å². The summed E-state index contributed by atoms with van der Waals surface area (Å²) in [4.78, 5) is 0. The molecule has 3 heteroatoms. The standard InChI is InChI=1S/C13H12N2O/c14-8-10-4-6-12(7-5-10)16-13-3-1-2-11(13)9-15/h4-7,11,13H,1-3H2. The molecule has 0 saturated heterocycles. The lowest BCUT2D eigenvalue weighted by atomic mass is 10.1. The van der Waals surface area contributed by atoms with Gasteiger partial charge in [0, 0.05) is 0 Å². The van der Waals surface area contributed by atoms with Gasteiger partial charge in [0.1, 0.15) is 11.9 Å². The van der Waals surface area contributed by atoms with Crippen LogP contribution in [0.15, 0.2) is 24.3 Å². The third-order valence-electron chi connectivity index (χ3n) is 2.89. The first-order valence-corrected chi connectivity index (χ1v) is 5.40. The van der Waals surface area contributed by atoms with E-state index in [1.807, 2.05) is 0 Å². The van der Waals surface area contributed by atoms with Crippen molar-refractivity contribution in [3.63, 3.8) is 0 Å². The Labute approximate surface area is 94.9 Å². The lowest BCUT2D eigenvalue weighted by Gasteiger charge is -2.16. The molecule has 0 radical (unpaired) electrons. The second-order valence-corrected chi connectivity index (χ2v) is 3.96. The minimum Gasteiger partial charge on any atom is -0.489 e. The molecule has 1 fully saturated rings. The largest absolute Gasteiger partial charge is 0.489 e. The smallest absolute Gasteiger partial charge is 0.119 e. The van der Waals surface area contributed by atoms with E-state index < -0.39 is 0 Å². The number of hydrogen-bond acceptors (Lipinski definition) is 3. The van der Waals surface area contributed by atoms with Crippen LogP contribution >= 0.6 is 0 Å². The summed E-state index contributed by atoms with van der Waals surface area (Å²) in [5.74, 6) is 0.752. The molecular formula is C13H12N2O. The molecule has 0 aromatic heterocycles. The highest BCUT2D eigenvalue weighted by molar-refractivity contribution is 5.34. The van der Waals surface area contributed by atoms with Crippen molar-refractivity contribution in [3.8, 4) is 17.9 Å². The Morgan fingerprint density at radius 2 is 1.88 bits per heavy atom. The first-order valence-electron chi connectivity index (χ1n) is 5.40. The van der Waals surface area contributed by atoms with Gasteiger partial charge in [-0.25, -0.2) is 0 Å². The zero-order valence-electron chi connectivity index (χ0n) is 8.89. The van der Waals surface area contributed by atoms with Crippen LogP contribution < -0.4 is 4.74 Å². The normalized spacial score (nSPS) is 23.4. The predicted molar refractivity (Wildman–Crippen MR) is 58.5 cm³/mol. The molecule has 0 heterocycles. The zero-order chi connectivity index (χ0) is 11.4. The number of nitriles is 2. The molecule has 1 aliphatic rings. The van der Waals surface area contributed by atoms with Gasteiger partial charge in [-0.1, -0.05) is 0 Å². The second kappa shape index (κ2) is 4.68. The van der Waals surface area contributed by atoms with Crippen molar-refractivity contribution in [2.75, 3.05) is 0 Å². The fourth-order valence-electron chi connectivity index (χ4n) is 2.00. The van der Waals surface area contributed by atoms with E-state index in [4.69, 9.17) is 15.3 Å². The van der Waals surface area contributed by atoms with Gasteiger partial charge in [-0.05, 0) is 43.5 Å². The second-order valence-electron chi connectivity index (χ2n) is 3.96. The monoisotopic (exact) mass is 212 g/mol. The van der Waals surface area contributed by atoms with Gasteiger partial charge in [0.15, 0.2) is 0 Å². The molecule has 0 amide bonds. The minimum absolute atomic E-state index is 0.00985. The van der Waals surface area contributed by atoms with Crippen LogP contribution in [0.5, 0.6) is 5.75 Å². The quantitative estimate of drug-likeness (QED) is 0.757. The molecule has 1 saturated carbocycles. The number of benzene rings is 1. The average Bonchev–Trinajstić information content (AvgIpc) is 2.77. The summed E-state index contributed by atoms with van der Waals surface area (Å²) >= 11 is 0. The van der Waals surface area contributed by atoms with E-state index in [0.29, 0.717) is 5.56 Å². The molecule has 1 aromatic carbocycles. The lowest BCUT2D eigenvalue weighted by molar-refractivity contribution is 0.182. The first-order chi connectivity index (χ1) is 7.83. The van der Waals surface area contributed by atoms with Gasteiger partial charge < -0.3 is 4.74 Å². The number of ether oxygens (including phenoxy) is 1. The number of hydrogen-bond donors (Lipinski definition) is 0. The van der Waals surface area contributed by atoms with E-state index in [0.717, 1.165) is 25.0 Å². The van der Waals surface area contributed by atoms with Crippen molar-refractivity contribution in [1.82, 2.24) is 0 Å². The molecule has 0 bridgehead atoms. The van der Waals surface area contributed by atoms with Crippen molar-refractivity contribution in [2.45, 2.75) is 25.4 Å². The van der Waals surface area contributed by atoms with E-state index in [2.05, 4.69) is 12.1 Å². The maximum atomic E-state index is 8.92. The molecule has 1 aromatic rings. The molecule has 3 nitrogen and oxygen atoms in total. The van der Waals surface area contributed by atoms with Crippen LogP contribution in [0.25, 0.3) is 0 Å². The lowest BCUT2D eigenvalue weighted by Crippen LogP contribution is -2.19. The van der Waals surface area contributed by atoms with Crippen LogP contribution in [0.3, 0.4) is 0 Å². The molecule has 2 atom stereocenters. The van der Waals surface area contributed by atoms with E-state index >= 15 is 0 Å². The minimum atomic E-state index is 0.00985. The van der Waals surface area contributed by atoms with Crippen LogP contribution in [0.1, 0.15) is 24.8 Å². The van der Waals surface area contributed by atoms with Crippen molar-refractivity contribution in [3.05, 3.63) is 29.8 Å². The van der Waals surface area contributed by atoms with Gasteiger partial charge in [0.05, 0.1) is 23.6 Å². The molecule has 80 valence electrons. The van der Waals surface area contributed by atoms with Crippen LogP contribution in [-0.2, 0) is 0 Å². The van der Waals surface area contributed by atoms with Crippen LogP contribution in [0, 0.1) is 28.6 Å². The summed E-state index contributed by atoms with van der Waals surface area (Å²) in [7, 11) is 0. The number of rotatable bonds is 2. The van der Waals surface area contributed by atoms with Crippen molar-refractivity contribution in [1.29, 1.82) is 10.5 Å². The van der Waals surface area contributed by atoms with Gasteiger partial charge in [0.25, 0.3) is 0 Å². The van der Waals surface area contributed by atoms with Crippen molar-refractivity contribution >= 4 is 0 Å². The summed E-state index contributed by atoms with van der Waals surface area (Å²) in [5, 5.41) is 17.6. The van der Waals surface area contributed by atoms with E-state index in [9.17, 15) is 0 Å². The summed E-state index contributed by atoms with van der Waals surface area (Å²) in [5.41, 5.74) is 0.621. The predicted octanol–water partition coefficient (Wildman–Crippen LogP) is 2.63. The van der Waals surface area contributed by atoms with Crippen LogP contribution in [0.2, 0.25) is 0 Å². The average molecular weight is 212 g/mol. The van der Waals surface area contributed by atoms with Crippen LogP contribution in [-0.4, -0.2) is 6.10 Å². The van der Waals surface area contributed by atoms with Crippen LogP contribution in [0.4, 0.5) is 0 Å². The fourth-order valence-corrected chi connectivity index (χ4v) is 2.00. The molecular weight excluding hydrogens is 200 g/mol. The van der Waals surface area contributed by atoms with Crippen molar-refractivity contribution in [2.24, 2.45) is 5.92 Å². The molecule has 0 spiro atoms. The third-order valence-corrected chi connectivity index (χ3v) is 2.89. The highest BCUT2D eigenvalue weighted by atomic mass is 16.5. The maximum Gasteiger partial charge on any atom is 0.119 e. The molecule has 16 heavy (non-hydrogen) atoms. The van der Waals surface area contributed by atoms with Crippen molar-refractivity contribution < 1.29 is 4.74 Å². The van der Waals surface area contributed by atoms with E-state index in [1.54, 1.807) is 24.3 Å². The highest BCUT2D eigenvalue weighted by Gasteiger charge is 2.28. The number of nitrogens with zero attached hydrogens (tertiary/aromatic N) is 2. The molecule has 0 N–H and O–H groups in total. The highest BCUT2D eigenvalue weighted by Crippen LogP contribution is 2.29. The molecule has 0 aliphatic heterocycles.